The highest BCUT2D eigenvalue weighted by molar-refractivity contribution is 5.76. The molecule has 0 aliphatic rings. The van der Waals surface area contributed by atoms with Crippen LogP contribution < -0.4 is 14.8 Å². The van der Waals surface area contributed by atoms with Gasteiger partial charge in [0, 0.05) is 24.4 Å². The summed E-state index contributed by atoms with van der Waals surface area (Å²) in [5.41, 5.74) is 1.99. The maximum absolute atomic E-state index is 13.5. The van der Waals surface area contributed by atoms with Gasteiger partial charge in [0.15, 0.2) is 11.6 Å². The molecule has 1 atom stereocenters. The normalized spacial score (nSPS) is 11.5. The van der Waals surface area contributed by atoms with Crippen LogP contribution in [0.1, 0.15) is 36.9 Å². The molecule has 0 fully saturated rings. The van der Waals surface area contributed by atoms with Crippen LogP contribution in [0.2, 0.25) is 0 Å². The Labute approximate surface area is 175 Å². The molecule has 0 radical (unpaired) electrons. The summed E-state index contributed by atoms with van der Waals surface area (Å²) in [5, 5.41) is 2.97. The number of nitrogens with zero attached hydrogens (tertiary/aromatic N) is 1. The molecule has 30 heavy (non-hydrogen) atoms. The Hall–Kier alpha value is -3.41. The van der Waals surface area contributed by atoms with Gasteiger partial charge in [0.1, 0.15) is 12.4 Å². The third kappa shape index (κ3) is 6.58. The number of halogens is 1. The van der Waals surface area contributed by atoms with Gasteiger partial charge >= 0.3 is 0 Å². The molecule has 0 spiro atoms. The number of hydrogen-bond acceptors (Lipinski definition) is 4. The molecule has 156 valence electrons. The smallest absolute Gasteiger partial charge is 0.220 e. The molecular weight excluding hydrogens is 383 g/mol. The second-order valence-corrected chi connectivity index (χ2v) is 6.89. The molecular formula is C24H25FN2O3. The molecule has 3 rings (SSSR count). The minimum atomic E-state index is -0.400. The highest BCUT2D eigenvalue weighted by Crippen LogP contribution is 2.19. The Kier molecular flexibility index (Phi) is 7.78. The molecule has 0 aliphatic carbocycles. The Morgan fingerprint density at radius 2 is 1.87 bits per heavy atom. The van der Waals surface area contributed by atoms with Crippen molar-refractivity contribution >= 4 is 5.91 Å². The first-order chi connectivity index (χ1) is 14.6. The molecule has 0 saturated carbocycles. The van der Waals surface area contributed by atoms with Crippen LogP contribution in [0.15, 0.2) is 73.1 Å². The lowest BCUT2D eigenvalue weighted by atomic mass is 10.1. The molecule has 1 heterocycles. The molecule has 0 saturated heterocycles. The second kappa shape index (κ2) is 11.0. The van der Waals surface area contributed by atoms with Crippen molar-refractivity contribution in [3.05, 3.63) is 90.0 Å². The minimum Gasteiger partial charge on any atom is -0.491 e. The summed E-state index contributed by atoms with van der Waals surface area (Å²) in [6, 6.07) is 17.6. The Balaban J connectivity index is 1.38. The number of pyridine rings is 1. The van der Waals surface area contributed by atoms with Crippen molar-refractivity contribution in [1.29, 1.82) is 0 Å². The van der Waals surface area contributed by atoms with Crippen LogP contribution >= 0.6 is 0 Å². The monoisotopic (exact) mass is 408 g/mol. The molecule has 1 N–H and O–H groups in total. The summed E-state index contributed by atoms with van der Waals surface area (Å²) < 4.78 is 24.6. The van der Waals surface area contributed by atoms with E-state index in [9.17, 15) is 9.18 Å². The number of ether oxygens (including phenoxy) is 2. The van der Waals surface area contributed by atoms with Crippen molar-refractivity contribution < 1.29 is 18.7 Å². The van der Waals surface area contributed by atoms with E-state index in [2.05, 4.69) is 10.3 Å². The van der Waals surface area contributed by atoms with E-state index < -0.39 is 5.82 Å². The third-order valence-electron chi connectivity index (χ3n) is 4.53. The van der Waals surface area contributed by atoms with Gasteiger partial charge in [0.2, 0.25) is 5.91 Å². The number of para-hydroxylation sites is 1. The summed E-state index contributed by atoms with van der Waals surface area (Å²) in [4.78, 5) is 16.2. The number of carbonyl (C=O) groups is 1. The number of rotatable bonds is 10. The summed E-state index contributed by atoms with van der Waals surface area (Å²) >= 11 is 0. The van der Waals surface area contributed by atoms with Gasteiger partial charge in [0.05, 0.1) is 12.6 Å². The fourth-order valence-corrected chi connectivity index (χ4v) is 2.88. The lowest BCUT2D eigenvalue weighted by Crippen LogP contribution is -2.26. The van der Waals surface area contributed by atoms with Gasteiger partial charge < -0.3 is 14.8 Å². The Morgan fingerprint density at radius 3 is 2.60 bits per heavy atom. The van der Waals surface area contributed by atoms with E-state index in [1.54, 1.807) is 30.6 Å². The van der Waals surface area contributed by atoms with Crippen molar-refractivity contribution in [3.8, 4) is 11.5 Å². The third-order valence-corrected chi connectivity index (χ3v) is 4.53. The summed E-state index contributed by atoms with van der Waals surface area (Å²) in [6.45, 7) is 2.67. The first-order valence-corrected chi connectivity index (χ1v) is 9.90. The molecule has 0 aliphatic heterocycles. The summed E-state index contributed by atoms with van der Waals surface area (Å²) in [6.07, 6.45) is 4.32. The highest BCUT2D eigenvalue weighted by atomic mass is 19.1. The Bertz CT molecular complexity index is 933. The fourth-order valence-electron chi connectivity index (χ4n) is 2.88. The van der Waals surface area contributed by atoms with Gasteiger partial charge in [-0.2, -0.15) is 0 Å². The molecule has 0 bridgehead atoms. The van der Waals surface area contributed by atoms with Crippen molar-refractivity contribution in [2.45, 2.75) is 32.4 Å². The van der Waals surface area contributed by atoms with Gasteiger partial charge in [-0.3, -0.25) is 9.78 Å². The van der Waals surface area contributed by atoms with Gasteiger partial charge in [-0.1, -0.05) is 30.3 Å². The maximum atomic E-state index is 13.5. The van der Waals surface area contributed by atoms with E-state index in [4.69, 9.17) is 9.47 Å². The topological polar surface area (TPSA) is 60.5 Å². The van der Waals surface area contributed by atoms with Crippen LogP contribution in [-0.4, -0.2) is 17.5 Å². The minimum absolute atomic E-state index is 0.0727. The lowest BCUT2D eigenvalue weighted by molar-refractivity contribution is -0.121. The predicted octanol–water partition coefficient (Wildman–Crippen LogP) is 4.84. The zero-order valence-corrected chi connectivity index (χ0v) is 16.9. The average Bonchev–Trinajstić information content (AvgIpc) is 2.77. The number of hydrogen-bond donors (Lipinski definition) is 1. The first kappa shape index (κ1) is 21.3. The molecule has 3 aromatic rings. The molecule has 2 aromatic carbocycles. The number of amides is 1. The zero-order valence-electron chi connectivity index (χ0n) is 16.9. The first-order valence-electron chi connectivity index (χ1n) is 9.90. The van der Waals surface area contributed by atoms with Crippen molar-refractivity contribution in [1.82, 2.24) is 10.3 Å². The van der Waals surface area contributed by atoms with E-state index in [0.717, 1.165) is 16.9 Å². The SMILES string of the molecule is CC(NC(=O)CCCOc1ccccc1F)c1ccc(OCc2cccnc2)cc1. The van der Waals surface area contributed by atoms with Crippen LogP contribution in [-0.2, 0) is 11.4 Å². The van der Waals surface area contributed by atoms with E-state index in [-0.39, 0.29) is 24.3 Å². The highest BCUT2D eigenvalue weighted by Gasteiger charge is 2.10. The number of nitrogens with one attached hydrogen (secondary N) is 1. The number of benzene rings is 2. The second-order valence-electron chi connectivity index (χ2n) is 6.89. The number of aromatic nitrogens is 1. The molecule has 5 nitrogen and oxygen atoms in total. The van der Waals surface area contributed by atoms with E-state index in [1.165, 1.54) is 6.07 Å². The largest absolute Gasteiger partial charge is 0.491 e. The zero-order chi connectivity index (χ0) is 21.2. The van der Waals surface area contributed by atoms with E-state index >= 15 is 0 Å². The van der Waals surface area contributed by atoms with Crippen LogP contribution in [0, 0.1) is 5.82 Å². The van der Waals surface area contributed by atoms with Crippen molar-refractivity contribution in [2.75, 3.05) is 6.61 Å². The quantitative estimate of drug-likeness (QED) is 0.488. The lowest BCUT2D eigenvalue weighted by Gasteiger charge is -2.15. The predicted molar refractivity (Wildman–Crippen MR) is 113 cm³/mol. The molecule has 6 heteroatoms. The van der Waals surface area contributed by atoms with Crippen LogP contribution in [0.25, 0.3) is 0 Å². The summed E-state index contributed by atoms with van der Waals surface area (Å²) in [7, 11) is 0. The van der Waals surface area contributed by atoms with E-state index in [1.807, 2.05) is 43.3 Å². The molecule has 1 amide bonds. The van der Waals surface area contributed by atoms with Gasteiger partial charge in [0.25, 0.3) is 0 Å². The van der Waals surface area contributed by atoms with Crippen LogP contribution in [0.5, 0.6) is 11.5 Å². The Morgan fingerprint density at radius 1 is 1.07 bits per heavy atom. The van der Waals surface area contributed by atoms with Gasteiger partial charge in [-0.25, -0.2) is 4.39 Å². The van der Waals surface area contributed by atoms with Crippen LogP contribution in [0.4, 0.5) is 4.39 Å². The average molecular weight is 408 g/mol. The fraction of sp³-hybridized carbons (Fsp3) is 0.250. The number of carbonyl (C=O) groups excluding carboxylic acids is 1. The van der Waals surface area contributed by atoms with Crippen molar-refractivity contribution in [2.24, 2.45) is 0 Å². The maximum Gasteiger partial charge on any atom is 0.220 e. The van der Waals surface area contributed by atoms with Gasteiger partial charge in [-0.05, 0) is 49.2 Å². The van der Waals surface area contributed by atoms with Gasteiger partial charge in [-0.15, -0.1) is 0 Å². The van der Waals surface area contributed by atoms with Crippen LogP contribution in [0.3, 0.4) is 0 Å². The molecule has 1 aromatic heterocycles. The molecule has 1 unspecified atom stereocenters. The van der Waals surface area contributed by atoms with E-state index in [0.29, 0.717) is 19.4 Å². The van der Waals surface area contributed by atoms with Crippen molar-refractivity contribution in [3.63, 3.8) is 0 Å². The summed E-state index contributed by atoms with van der Waals surface area (Å²) in [5.74, 6) is 0.489. The standard InChI is InChI=1S/C24H25FN2O3/c1-18(27-24(28)9-5-15-29-23-8-3-2-7-22(23)25)20-10-12-21(13-11-20)30-17-19-6-4-14-26-16-19/h2-4,6-8,10-14,16,18H,5,9,15,17H2,1H3,(H,27,28).